The number of aliphatic hydroxyl groups is 1. The van der Waals surface area contributed by atoms with E-state index < -0.39 is 46.9 Å². The third-order valence-corrected chi connectivity index (χ3v) is 8.09. The van der Waals surface area contributed by atoms with E-state index in [1.54, 1.807) is 0 Å². The molecule has 0 aromatic carbocycles. The number of carbonyl (C=O) groups is 4. The van der Waals surface area contributed by atoms with E-state index in [0.717, 1.165) is 23.8 Å². The molecule has 0 spiro atoms. The van der Waals surface area contributed by atoms with E-state index in [4.69, 9.17) is 23.1 Å². The van der Waals surface area contributed by atoms with Crippen LogP contribution in [0.2, 0.25) is 0 Å². The summed E-state index contributed by atoms with van der Waals surface area (Å²) in [6, 6.07) is 0. The summed E-state index contributed by atoms with van der Waals surface area (Å²) in [5.41, 5.74) is -2.16. The van der Waals surface area contributed by atoms with Crippen molar-refractivity contribution in [3.05, 3.63) is 0 Å². The van der Waals surface area contributed by atoms with Crippen LogP contribution >= 0.6 is 74.3 Å². The standard InChI is InChI=1S/C21H34O10S6/c22-14-9-36-20(31-37-10-15(14)30-19(26)4-8-35)21(11-27-16(23)1-5-32,12-28-17(24)2-6-33)13-29-18(25)3-7-34/h14-15,20,22,32-35H,1-13H2. The van der Waals surface area contributed by atoms with Crippen molar-refractivity contribution in [2.75, 3.05) is 54.3 Å². The minimum atomic E-state index is -1.31. The topological polar surface area (TPSA) is 135 Å². The lowest BCUT2D eigenvalue weighted by Crippen LogP contribution is -2.49. The van der Waals surface area contributed by atoms with Gasteiger partial charge in [0, 0.05) is 28.8 Å². The number of hydrogen-bond donors (Lipinski definition) is 5. The zero-order chi connectivity index (χ0) is 27.7. The van der Waals surface area contributed by atoms with Crippen LogP contribution < -0.4 is 0 Å². The van der Waals surface area contributed by atoms with Gasteiger partial charge in [0.1, 0.15) is 42.9 Å². The Balaban J connectivity index is 3.15. The summed E-state index contributed by atoms with van der Waals surface area (Å²) in [5.74, 6) is -0.797. The van der Waals surface area contributed by atoms with Gasteiger partial charge in [-0.15, -0.1) is 11.8 Å². The molecule has 0 aromatic heterocycles. The maximum atomic E-state index is 12.2. The van der Waals surface area contributed by atoms with Gasteiger partial charge in [-0.25, -0.2) is 0 Å². The molecule has 0 radical (unpaired) electrons. The van der Waals surface area contributed by atoms with Crippen molar-refractivity contribution in [1.29, 1.82) is 0 Å². The molecule has 10 nitrogen and oxygen atoms in total. The number of carbonyl (C=O) groups excluding carboxylic acids is 4. The molecular weight excluding hydrogens is 605 g/mol. The quantitative estimate of drug-likeness (QED) is 0.0732. The van der Waals surface area contributed by atoms with Gasteiger partial charge in [0.25, 0.3) is 0 Å². The highest BCUT2D eigenvalue weighted by Gasteiger charge is 2.47. The predicted octanol–water partition coefficient (Wildman–Crippen LogP) is 1.89. The van der Waals surface area contributed by atoms with Crippen LogP contribution in [0, 0.1) is 5.41 Å². The van der Waals surface area contributed by atoms with Gasteiger partial charge >= 0.3 is 23.9 Å². The van der Waals surface area contributed by atoms with Gasteiger partial charge in [-0.05, 0) is 12.0 Å². The van der Waals surface area contributed by atoms with Gasteiger partial charge in [0.05, 0.1) is 31.4 Å². The summed E-state index contributed by atoms with van der Waals surface area (Å²) in [6.07, 6.45) is -1.61. The third-order valence-electron chi connectivity index (χ3n) is 4.84. The lowest BCUT2D eigenvalue weighted by molar-refractivity contribution is -0.165. The summed E-state index contributed by atoms with van der Waals surface area (Å²) in [5, 5.41) is 10.7. The van der Waals surface area contributed by atoms with Crippen LogP contribution in [-0.2, 0) is 42.3 Å². The van der Waals surface area contributed by atoms with Crippen LogP contribution in [0.15, 0.2) is 0 Å². The van der Waals surface area contributed by atoms with Crippen molar-refractivity contribution in [3.8, 4) is 0 Å². The molecule has 1 heterocycles. The Morgan fingerprint density at radius 3 is 1.62 bits per heavy atom. The Morgan fingerprint density at radius 1 is 0.757 bits per heavy atom. The maximum absolute atomic E-state index is 12.2. The Kier molecular flexibility index (Phi) is 18.8. The molecule has 1 fully saturated rings. The van der Waals surface area contributed by atoms with Crippen molar-refractivity contribution < 1.29 is 47.4 Å². The average Bonchev–Trinajstić information content (AvgIpc) is 2.85. The highest BCUT2D eigenvalue weighted by Crippen LogP contribution is 2.39. The van der Waals surface area contributed by atoms with Crippen LogP contribution in [0.25, 0.3) is 0 Å². The summed E-state index contributed by atoms with van der Waals surface area (Å²) < 4.78 is 27.7. The lowest BCUT2D eigenvalue weighted by Gasteiger charge is -2.39. The van der Waals surface area contributed by atoms with E-state index in [-0.39, 0.29) is 74.3 Å². The van der Waals surface area contributed by atoms with Gasteiger partial charge in [0.2, 0.25) is 0 Å². The van der Waals surface area contributed by atoms with Crippen molar-refractivity contribution in [2.24, 2.45) is 5.41 Å². The Hall–Kier alpha value is -0.100. The van der Waals surface area contributed by atoms with Crippen molar-refractivity contribution in [1.82, 2.24) is 0 Å². The van der Waals surface area contributed by atoms with Gasteiger partial charge in [-0.1, -0.05) is 0 Å². The van der Waals surface area contributed by atoms with Gasteiger partial charge < -0.3 is 28.2 Å². The molecule has 1 saturated heterocycles. The number of aliphatic hydroxyl groups excluding tert-OH is 1. The van der Waals surface area contributed by atoms with Crippen LogP contribution in [0.1, 0.15) is 25.7 Å². The number of ether oxygens (including phenoxy) is 4. The molecule has 0 aromatic rings. The largest absolute Gasteiger partial charge is 0.465 e. The molecule has 3 atom stereocenters. The molecular formula is C21H34O10S6. The van der Waals surface area contributed by atoms with Crippen molar-refractivity contribution in [2.45, 2.75) is 43.3 Å². The SMILES string of the molecule is O=C(CCS)OCC(COC(=O)CCS)(COC(=O)CCS)C1OSCC(OC(=O)CCS)C(O)CS1. The minimum absolute atomic E-state index is 0.0452. The molecule has 1 rings (SSSR count). The van der Waals surface area contributed by atoms with Gasteiger partial charge in [-0.3, -0.25) is 19.2 Å². The zero-order valence-electron chi connectivity index (χ0n) is 20.2. The number of esters is 4. The summed E-state index contributed by atoms with van der Waals surface area (Å²) in [7, 11) is 0. The third kappa shape index (κ3) is 13.7. The molecule has 3 unspecified atom stereocenters. The molecule has 16 heteroatoms. The summed E-state index contributed by atoms with van der Waals surface area (Å²) >= 11 is 18.2. The fourth-order valence-corrected chi connectivity index (χ4v) is 5.90. The highest BCUT2D eigenvalue weighted by atomic mass is 32.2. The monoisotopic (exact) mass is 638 g/mol. The molecule has 0 amide bonds. The Bertz CT molecular complexity index is 673. The van der Waals surface area contributed by atoms with Crippen LogP contribution in [0.4, 0.5) is 0 Å². The highest BCUT2D eigenvalue weighted by molar-refractivity contribution is 8.01. The van der Waals surface area contributed by atoms with E-state index >= 15 is 0 Å². The molecule has 0 aliphatic carbocycles. The van der Waals surface area contributed by atoms with Crippen LogP contribution in [0.3, 0.4) is 0 Å². The molecule has 0 saturated carbocycles. The fraction of sp³-hybridized carbons (Fsp3) is 0.810. The number of thiol groups is 4. The number of thioether (sulfide) groups is 1. The van der Waals surface area contributed by atoms with Crippen molar-refractivity contribution >= 4 is 98.2 Å². The first-order chi connectivity index (χ1) is 17.7. The maximum Gasteiger partial charge on any atom is 0.307 e. The van der Waals surface area contributed by atoms with E-state index in [1.165, 1.54) is 0 Å². The second-order valence-corrected chi connectivity index (χ2v) is 11.5. The first-order valence-corrected chi connectivity index (χ1v) is 15.9. The molecule has 1 aliphatic rings. The molecule has 1 aliphatic heterocycles. The zero-order valence-corrected chi connectivity index (χ0v) is 25.4. The Labute approximate surface area is 247 Å². The van der Waals surface area contributed by atoms with E-state index in [0.29, 0.717) is 5.75 Å². The Morgan fingerprint density at radius 2 is 1.19 bits per heavy atom. The molecule has 0 bridgehead atoms. The number of hydrogen-bond acceptors (Lipinski definition) is 16. The summed E-state index contributed by atoms with van der Waals surface area (Å²) in [6.45, 7) is -0.885. The van der Waals surface area contributed by atoms with Crippen LogP contribution in [0.5, 0.6) is 0 Å². The van der Waals surface area contributed by atoms with E-state index in [9.17, 15) is 24.3 Å². The average molecular weight is 639 g/mol. The normalized spacial score (nSPS) is 20.3. The van der Waals surface area contributed by atoms with E-state index in [2.05, 4.69) is 50.5 Å². The first-order valence-electron chi connectivity index (χ1n) is 11.4. The summed E-state index contributed by atoms with van der Waals surface area (Å²) in [4.78, 5) is 48.4. The second-order valence-electron chi connectivity index (χ2n) is 7.88. The lowest BCUT2D eigenvalue weighted by atomic mass is 9.91. The second kappa shape index (κ2) is 19.9. The van der Waals surface area contributed by atoms with Gasteiger partial charge in [-0.2, -0.15) is 50.5 Å². The predicted molar refractivity (Wildman–Crippen MR) is 155 cm³/mol. The van der Waals surface area contributed by atoms with E-state index in [1.807, 2.05) is 0 Å². The van der Waals surface area contributed by atoms with Crippen molar-refractivity contribution in [3.63, 3.8) is 0 Å². The van der Waals surface area contributed by atoms with Crippen LogP contribution in [-0.4, -0.2) is 101 Å². The smallest absolute Gasteiger partial charge is 0.307 e. The minimum Gasteiger partial charge on any atom is -0.465 e. The number of rotatable bonds is 16. The molecule has 1 N–H and O–H groups in total. The molecule has 214 valence electrons. The fourth-order valence-electron chi connectivity index (χ4n) is 2.80. The molecule has 37 heavy (non-hydrogen) atoms. The first kappa shape index (κ1) is 34.9. The van der Waals surface area contributed by atoms with Gasteiger partial charge in [0.15, 0.2) is 0 Å².